The maximum Gasteiger partial charge on any atom is 0.145 e. The van der Waals surface area contributed by atoms with Gasteiger partial charge in [-0.25, -0.2) is 4.79 Å². The van der Waals surface area contributed by atoms with Gasteiger partial charge in [0.25, 0.3) is 0 Å². The van der Waals surface area contributed by atoms with Crippen LogP contribution in [-0.2, 0) is 4.79 Å². The van der Waals surface area contributed by atoms with Crippen LogP contribution in [0.3, 0.4) is 0 Å². The fraction of sp³-hybridized carbons (Fsp3) is 0.619. The van der Waals surface area contributed by atoms with Crippen LogP contribution in [0.25, 0.3) is 0 Å². The summed E-state index contributed by atoms with van der Waals surface area (Å²) in [5.41, 5.74) is 3.59. The number of hydrogen-bond acceptors (Lipinski definition) is 2. The Bertz CT molecular complexity index is 658. The van der Waals surface area contributed by atoms with E-state index in [2.05, 4.69) is 29.0 Å². The van der Waals surface area contributed by atoms with Gasteiger partial charge < -0.3 is 4.90 Å². The second-order valence-electron chi connectivity index (χ2n) is 7.72. The smallest absolute Gasteiger partial charge is 0.145 e. The van der Waals surface area contributed by atoms with Crippen molar-refractivity contribution in [2.24, 2.45) is 0 Å². The zero-order valence-corrected chi connectivity index (χ0v) is 15.0. The Hall–Kier alpha value is -1.24. The van der Waals surface area contributed by atoms with Gasteiger partial charge in [0.05, 0.1) is 5.70 Å². The van der Waals surface area contributed by atoms with Crippen LogP contribution in [0.4, 0.5) is 0 Å². The molecule has 1 aromatic carbocycles. The van der Waals surface area contributed by atoms with Crippen molar-refractivity contribution in [3.63, 3.8) is 0 Å². The van der Waals surface area contributed by atoms with Crippen molar-refractivity contribution >= 4 is 17.5 Å². The highest BCUT2D eigenvalue weighted by molar-refractivity contribution is 6.31. The predicted molar refractivity (Wildman–Crippen MR) is 98.2 cm³/mol. The van der Waals surface area contributed by atoms with E-state index in [-0.39, 0.29) is 0 Å². The third kappa shape index (κ3) is 3.15. The summed E-state index contributed by atoms with van der Waals surface area (Å²) in [7, 11) is 0. The lowest BCUT2D eigenvalue weighted by atomic mass is 9.83. The van der Waals surface area contributed by atoms with Crippen molar-refractivity contribution in [3.05, 3.63) is 40.0 Å². The minimum Gasteiger partial charge on any atom is -0.362 e. The summed E-state index contributed by atoms with van der Waals surface area (Å²) >= 11 is 6.64. The molecule has 0 spiro atoms. The molecular formula is C21H26ClNO. The summed E-state index contributed by atoms with van der Waals surface area (Å²) < 4.78 is 0. The Balaban J connectivity index is 1.48. The molecule has 1 saturated heterocycles. The van der Waals surface area contributed by atoms with Gasteiger partial charge in [-0.05, 0) is 61.6 Å². The second-order valence-corrected chi connectivity index (χ2v) is 8.13. The van der Waals surface area contributed by atoms with Crippen molar-refractivity contribution in [3.8, 4) is 0 Å². The first kappa shape index (κ1) is 16.2. The van der Waals surface area contributed by atoms with E-state index in [1.54, 1.807) is 0 Å². The molecule has 0 bridgehead atoms. The van der Waals surface area contributed by atoms with Crippen LogP contribution in [0.1, 0.15) is 80.8 Å². The first-order chi connectivity index (χ1) is 11.8. The van der Waals surface area contributed by atoms with Crippen LogP contribution in [0.5, 0.6) is 0 Å². The van der Waals surface area contributed by atoms with E-state index in [0.717, 1.165) is 36.5 Å². The number of carbonyl (C=O) groups excluding carboxylic acids is 1. The van der Waals surface area contributed by atoms with Crippen LogP contribution >= 0.6 is 11.6 Å². The molecule has 0 radical (unpaired) electrons. The Labute approximate surface area is 149 Å². The molecule has 128 valence electrons. The molecular weight excluding hydrogens is 318 g/mol. The molecule has 1 heterocycles. The normalized spacial score (nSPS) is 27.9. The Morgan fingerprint density at radius 3 is 2.67 bits per heavy atom. The van der Waals surface area contributed by atoms with Gasteiger partial charge in [0, 0.05) is 23.5 Å². The summed E-state index contributed by atoms with van der Waals surface area (Å²) in [6, 6.07) is 7.24. The maximum atomic E-state index is 11.2. The zero-order valence-electron chi connectivity index (χ0n) is 14.3. The first-order valence-electron chi connectivity index (χ1n) is 9.58. The minimum atomic E-state index is 0.485. The van der Waals surface area contributed by atoms with Gasteiger partial charge in [-0.2, -0.15) is 0 Å². The molecule has 4 rings (SSSR count). The van der Waals surface area contributed by atoms with Crippen molar-refractivity contribution < 1.29 is 4.79 Å². The average Bonchev–Trinajstić information content (AvgIpc) is 3.43. The molecule has 0 N–H and O–H groups in total. The molecule has 0 amide bonds. The molecule has 2 nitrogen and oxygen atoms in total. The van der Waals surface area contributed by atoms with Gasteiger partial charge in [0.15, 0.2) is 0 Å². The highest BCUT2D eigenvalue weighted by Crippen LogP contribution is 2.48. The first-order valence-corrected chi connectivity index (χ1v) is 9.95. The summed E-state index contributed by atoms with van der Waals surface area (Å²) in [5, 5.41) is 0.954. The van der Waals surface area contributed by atoms with Gasteiger partial charge in [-0.3, -0.25) is 0 Å². The third-order valence-corrected chi connectivity index (χ3v) is 6.51. The van der Waals surface area contributed by atoms with E-state index in [0.29, 0.717) is 17.9 Å². The van der Waals surface area contributed by atoms with Crippen LogP contribution in [0, 0.1) is 0 Å². The van der Waals surface area contributed by atoms with Crippen LogP contribution in [0.15, 0.2) is 23.9 Å². The van der Waals surface area contributed by atoms with E-state index < -0.39 is 0 Å². The molecule has 2 aliphatic carbocycles. The van der Waals surface area contributed by atoms with Crippen LogP contribution in [-0.4, -0.2) is 23.4 Å². The topological polar surface area (TPSA) is 20.3 Å². The largest absolute Gasteiger partial charge is 0.362 e. The maximum absolute atomic E-state index is 11.2. The van der Waals surface area contributed by atoms with Gasteiger partial charge in [0.1, 0.15) is 5.94 Å². The second kappa shape index (κ2) is 6.94. The van der Waals surface area contributed by atoms with E-state index in [1.165, 1.54) is 49.7 Å². The molecule has 2 unspecified atom stereocenters. The number of halogens is 1. The Kier molecular flexibility index (Phi) is 4.70. The van der Waals surface area contributed by atoms with Gasteiger partial charge >= 0.3 is 0 Å². The number of rotatable bonds is 3. The molecule has 2 atom stereocenters. The van der Waals surface area contributed by atoms with Gasteiger partial charge in [-0.1, -0.05) is 43.0 Å². The highest BCUT2D eigenvalue weighted by Gasteiger charge is 2.44. The SMILES string of the molecule is O=C=C1CCCCN1C1CC1c1ccc(C2CCCCC2)c(Cl)c1. The predicted octanol–water partition coefficient (Wildman–Crippen LogP) is 5.45. The van der Waals surface area contributed by atoms with Crippen LogP contribution < -0.4 is 0 Å². The molecule has 3 heteroatoms. The van der Waals surface area contributed by atoms with Crippen molar-refractivity contribution in [1.82, 2.24) is 4.90 Å². The summed E-state index contributed by atoms with van der Waals surface area (Å²) in [6.45, 7) is 1.01. The lowest BCUT2D eigenvalue weighted by Gasteiger charge is -2.30. The minimum absolute atomic E-state index is 0.485. The average molecular weight is 344 g/mol. The third-order valence-electron chi connectivity index (χ3n) is 6.18. The molecule has 1 aromatic rings. The standard InChI is InChI=1S/C21H26ClNO/c22-20-12-16(9-10-18(20)15-6-2-1-3-7-15)19-13-21(19)23-11-5-4-8-17(23)14-24/h9-10,12,15,19,21H,1-8,11,13H2. The fourth-order valence-electron chi connectivity index (χ4n) is 4.73. The van der Waals surface area contributed by atoms with Crippen molar-refractivity contribution in [2.45, 2.75) is 75.7 Å². The van der Waals surface area contributed by atoms with Crippen molar-refractivity contribution in [1.29, 1.82) is 0 Å². The quantitative estimate of drug-likeness (QED) is 0.680. The number of allylic oxidation sites excluding steroid dienone is 1. The highest BCUT2D eigenvalue weighted by atomic mass is 35.5. The van der Waals surface area contributed by atoms with E-state index in [1.807, 2.05) is 0 Å². The van der Waals surface area contributed by atoms with E-state index in [9.17, 15) is 4.79 Å². The number of nitrogens with zero attached hydrogens (tertiary/aromatic N) is 1. The number of hydrogen-bond donors (Lipinski definition) is 0. The van der Waals surface area contributed by atoms with E-state index in [4.69, 9.17) is 11.6 Å². The molecule has 24 heavy (non-hydrogen) atoms. The number of likely N-dealkylation sites (tertiary alicyclic amines) is 1. The lowest BCUT2D eigenvalue weighted by Crippen LogP contribution is -2.31. The zero-order chi connectivity index (χ0) is 16.5. The number of piperidine rings is 1. The monoisotopic (exact) mass is 343 g/mol. The lowest BCUT2D eigenvalue weighted by molar-refractivity contribution is 0.279. The Morgan fingerprint density at radius 2 is 1.92 bits per heavy atom. The summed E-state index contributed by atoms with van der Waals surface area (Å²) in [6.07, 6.45) is 11.0. The molecule has 1 aliphatic heterocycles. The van der Waals surface area contributed by atoms with Crippen LogP contribution in [0.2, 0.25) is 5.02 Å². The summed E-state index contributed by atoms with van der Waals surface area (Å²) in [4.78, 5) is 13.5. The number of benzene rings is 1. The fourth-order valence-corrected chi connectivity index (χ4v) is 5.08. The Morgan fingerprint density at radius 1 is 1.08 bits per heavy atom. The molecule has 0 aromatic heterocycles. The van der Waals surface area contributed by atoms with E-state index >= 15 is 0 Å². The van der Waals surface area contributed by atoms with Crippen molar-refractivity contribution in [2.75, 3.05) is 6.54 Å². The van der Waals surface area contributed by atoms with Gasteiger partial charge in [0.2, 0.25) is 0 Å². The molecule has 3 fully saturated rings. The molecule has 3 aliphatic rings. The summed E-state index contributed by atoms with van der Waals surface area (Å²) in [5.74, 6) is 3.36. The molecule has 2 saturated carbocycles. The van der Waals surface area contributed by atoms with Gasteiger partial charge in [-0.15, -0.1) is 0 Å².